The van der Waals surface area contributed by atoms with Crippen LogP contribution in [0, 0.1) is 0 Å². The normalized spacial score (nSPS) is 15.0. The van der Waals surface area contributed by atoms with Crippen LogP contribution in [0.5, 0.6) is 0 Å². The number of nitrogens with one attached hydrogen (secondary N) is 1. The fraction of sp³-hybridized carbons (Fsp3) is 0.292. The lowest BCUT2D eigenvalue weighted by atomic mass is 10.0. The van der Waals surface area contributed by atoms with Crippen LogP contribution in [-0.2, 0) is 13.0 Å². The molecule has 1 fully saturated rings. The van der Waals surface area contributed by atoms with Gasteiger partial charge in [0.2, 0.25) is 0 Å². The van der Waals surface area contributed by atoms with Gasteiger partial charge in [-0.1, -0.05) is 35.3 Å². The molecule has 6 nitrogen and oxygen atoms in total. The van der Waals surface area contributed by atoms with Gasteiger partial charge >= 0.3 is 0 Å². The molecule has 3 heterocycles. The second-order valence-corrected chi connectivity index (χ2v) is 8.82. The van der Waals surface area contributed by atoms with Gasteiger partial charge in [0.1, 0.15) is 11.6 Å². The number of carbonyl (C=O) groups excluding carboxylic acids is 1. The Hall–Kier alpha value is -2.51. The minimum atomic E-state index is -0.135. The van der Waals surface area contributed by atoms with Crippen molar-refractivity contribution in [2.24, 2.45) is 0 Å². The molecule has 0 amide bonds. The molecular weight excluding hydrogens is 445 g/mol. The first-order chi connectivity index (χ1) is 15.5. The van der Waals surface area contributed by atoms with E-state index >= 15 is 0 Å². The van der Waals surface area contributed by atoms with Crippen LogP contribution in [0.1, 0.15) is 21.5 Å². The van der Waals surface area contributed by atoms with Crippen molar-refractivity contribution in [1.29, 1.82) is 0 Å². The topological polar surface area (TPSA) is 61.4 Å². The quantitative estimate of drug-likeness (QED) is 0.506. The summed E-state index contributed by atoms with van der Waals surface area (Å²) in [6, 6.07) is 12.7. The standard InChI is InChI=1S/C24H25Cl2N5O/c1-30-9-11-31(12-10-30)16-18-5-6-22(28-15-18)29-23-14-17(7-8-27-23)13-21(32)24-19(25)3-2-4-20(24)26/h2-8,14-15H,9-13,16H2,1H3,(H,27,28,29). The SMILES string of the molecule is CN1CCN(Cc2ccc(Nc3cc(CC(=O)c4c(Cl)cccc4Cl)ccn3)nc2)CC1. The Morgan fingerprint density at radius 3 is 2.41 bits per heavy atom. The van der Waals surface area contributed by atoms with Gasteiger partial charge in [-0.05, 0) is 48.5 Å². The summed E-state index contributed by atoms with van der Waals surface area (Å²) in [5, 5.41) is 3.93. The fourth-order valence-electron chi connectivity index (χ4n) is 3.68. The number of aromatic nitrogens is 2. The van der Waals surface area contributed by atoms with Crippen molar-refractivity contribution >= 4 is 40.6 Å². The van der Waals surface area contributed by atoms with Crippen molar-refractivity contribution in [3.8, 4) is 0 Å². The zero-order chi connectivity index (χ0) is 22.5. The van der Waals surface area contributed by atoms with Gasteiger partial charge in [0, 0.05) is 51.5 Å². The summed E-state index contributed by atoms with van der Waals surface area (Å²) < 4.78 is 0. The first-order valence-electron chi connectivity index (χ1n) is 10.5. The number of benzene rings is 1. The number of likely N-dealkylation sites (N-methyl/N-ethyl adjacent to an activating group) is 1. The van der Waals surface area contributed by atoms with Crippen molar-refractivity contribution < 1.29 is 4.79 Å². The molecule has 1 saturated heterocycles. The molecule has 32 heavy (non-hydrogen) atoms. The van der Waals surface area contributed by atoms with Gasteiger partial charge < -0.3 is 10.2 Å². The maximum Gasteiger partial charge on any atom is 0.170 e. The van der Waals surface area contributed by atoms with E-state index in [1.54, 1.807) is 30.5 Å². The van der Waals surface area contributed by atoms with E-state index < -0.39 is 0 Å². The molecule has 3 aromatic rings. The lowest BCUT2D eigenvalue weighted by molar-refractivity contribution is 0.0993. The highest BCUT2D eigenvalue weighted by atomic mass is 35.5. The summed E-state index contributed by atoms with van der Waals surface area (Å²) in [7, 11) is 2.16. The predicted octanol–water partition coefficient (Wildman–Crippen LogP) is 4.70. The van der Waals surface area contributed by atoms with E-state index in [2.05, 4.69) is 38.2 Å². The Morgan fingerprint density at radius 1 is 0.969 bits per heavy atom. The van der Waals surface area contributed by atoms with Gasteiger partial charge in [-0.25, -0.2) is 9.97 Å². The predicted molar refractivity (Wildman–Crippen MR) is 129 cm³/mol. The van der Waals surface area contributed by atoms with Crippen molar-refractivity contribution in [2.75, 3.05) is 38.5 Å². The fourth-order valence-corrected chi connectivity index (χ4v) is 4.29. The molecule has 0 bridgehead atoms. The summed E-state index contributed by atoms with van der Waals surface area (Å²) in [5.41, 5.74) is 2.35. The van der Waals surface area contributed by atoms with Gasteiger partial charge in [-0.3, -0.25) is 9.69 Å². The maximum atomic E-state index is 12.7. The van der Waals surface area contributed by atoms with Gasteiger partial charge in [-0.15, -0.1) is 0 Å². The van der Waals surface area contributed by atoms with E-state index in [-0.39, 0.29) is 12.2 Å². The highest BCUT2D eigenvalue weighted by Gasteiger charge is 2.16. The molecular formula is C24H25Cl2N5O. The second-order valence-electron chi connectivity index (χ2n) is 8.00. The Labute approximate surface area is 198 Å². The molecule has 0 unspecified atom stereocenters. The number of nitrogens with zero attached hydrogens (tertiary/aromatic N) is 4. The van der Waals surface area contributed by atoms with E-state index in [9.17, 15) is 4.79 Å². The Kier molecular flexibility index (Phi) is 7.37. The summed E-state index contributed by atoms with van der Waals surface area (Å²) in [6.45, 7) is 5.25. The molecule has 8 heteroatoms. The Morgan fingerprint density at radius 2 is 1.72 bits per heavy atom. The van der Waals surface area contributed by atoms with Crippen molar-refractivity contribution in [2.45, 2.75) is 13.0 Å². The lowest BCUT2D eigenvalue weighted by Gasteiger charge is -2.32. The minimum absolute atomic E-state index is 0.135. The first kappa shape index (κ1) is 22.7. The molecule has 1 N–H and O–H groups in total. The minimum Gasteiger partial charge on any atom is -0.325 e. The number of Topliss-reactive ketones (excluding diaryl/α,β-unsaturated/α-hetero) is 1. The number of ketones is 1. The highest BCUT2D eigenvalue weighted by molar-refractivity contribution is 6.39. The van der Waals surface area contributed by atoms with E-state index in [0.29, 0.717) is 27.2 Å². The Bertz CT molecular complexity index is 1060. The summed E-state index contributed by atoms with van der Waals surface area (Å²) in [6.07, 6.45) is 3.74. The number of pyridine rings is 2. The number of hydrogen-bond acceptors (Lipinski definition) is 6. The van der Waals surface area contributed by atoms with Crippen LogP contribution in [0.4, 0.5) is 11.6 Å². The number of anilines is 2. The van der Waals surface area contributed by atoms with Crippen molar-refractivity contribution in [3.05, 3.63) is 81.6 Å². The third kappa shape index (κ3) is 5.84. The van der Waals surface area contributed by atoms with Crippen molar-refractivity contribution in [1.82, 2.24) is 19.8 Å². The molecule has 1 aliphatic heterocycles. The maximum absolute atomic E-state index is 12.7. The van der Waals surface area contributed by atoms with E-state index in [1.165, 1.54) is 5.56 Å². The average Bonchev–Trinajstić information content (AvgIpc) is 2.77. The summed E-state index contributed by atoms with van der Waals surface area (Å²) in [5.74, 6) is 1.20. The van der Waals surface area contributed by atoms with Crippen LogP contribution in [0.3, 0.4) is 0 Å². The third-order valence-corrected chi connectivity index (χ3v) is 6.14. The molecule has 1 aliphatic rings. The molecule has 0 atom stereocenters. The summed E-state index contributed by atoms with van der Waals surface area (Å²) in [4.78, 5) is 26.4. The number of rotatable bonds is 7. The van der Waals surface area contributed by atoms with Crippen molar-refractivity contribution in [3.63, 3.8) is 0 Å². The molecule has 0 spiro atoms. The first-order valence-corrected chi connectivity index (χ1v) is 11.3. The zero-order valence-electron chi connectivity index (χ0n) is 17.9. The van der Waals surface area contributed by atoms with Crippen LogP contribution in [0.2, 0.25) is 10.0 Å². The smallest absolute Gasteiger partial charge is 0.170 e. The van der Waals surface area contributed by atoms with E-state index in [4.69, 9.17) is 23.2 Å². The van der Waals surface area contributed by atoms with Gasteiger partial charge in [0.15, 0.2) is 5.78 Å². The van der Waals surface area contributed by atoms with Crippen LogP contribution < -0.4 is 5.32 Å². The Balaban J connectivity index is 1.38. The van der Waals surface area contributed by atoms with Crippen LogP contribution in [0.15, 0.2) is 54.9 Å². The number of hydrogen-bond donors (Lipinski definition) is 1. The summed E-state index contributed by atoms with van der Waals surface area (Å²) >= 11 is 12.3. The zero-order valence-corrected chi connectivity index (χ0v) is 19.4. The number of halogens is 2. The number of piperazine rings is 1. The van der Waals surface area contributed by atoms with Crippen LogP contribution in [-0.4, -0.2) is 58.8 Å². The second kappa shape index (κ2) is 10.4. The molecule has 0 saturated carbocycles. The molecule has 0 aliphatic carbocycles. The largest absolute Gasteiger partial charge is 0.325 e. The molecule has 0 radical (unpaired) electrons. The number of carbonyl (C=O) groups is 1. The lowest BCUT2D eigenvalue weighted by Crippen LogP contribution is -2.43. The van der Waals surface area contributed by atoms with Crippen LogP contribution in [0.25, 0.3) is 0 Å². The van der Waals surface area contributed by atoms with E-state index in [1.807, 2.05) is 18.3 Å². The highest BCUT2D eigenvalue weighted by Crippen LogP contribution is 2.26. The molecule has 1 aromatic carbocycles. The van der Waals surface area contributed by atoms with Gasteiger partial charge in [0.25, 0.3) is 0 Å². The third-order valence-electron chi connectivity index (χ3n) is 5.51. The van der Waals surface area contributed by atoms with E-state index in [0.717, 1.165) is 38.3 Å². The average molecular weight is 470 g/mol. The monoisotopic (exact) mass is 469 g/mol. The van der Waals surface area contributed by atoms with Gasteiger partial charge in [-0.2, -0.15) is 0 Å². The molecule has 166 valence electrons. The van der Waals surface area contributed by atoms with Gasteiger partial charge in [0.05, 0.1) is 15.6 Å². The van der Waals surface area contributed by atoms with Crippen LogP contribution >= 0.6 is 23.2 Å². The molecule has 2 aromatic heterocycles. The molecule has 4 rings (SSSR count).